The van der Waals surface area contributed by atoms with E-state index in [9.17, 15) is 4.21 Å². The Morgan fingerprint density at radius 2 is 1.50 bits per heavy atom. The molecule has 0 aromatic heterocycles. The Kier molecular flexibility index (Phi) is 5.46. The fourth-order valence-corrected chi connectivity index (χ4v) is 3.74. The van der Waals surface area contributed by atoms with E-state index in [0.717, 1.165) is 21.6 Å². The summed E-state index contributed by atoms with van der Waals surface area (Å²) >= 11 is 6.38. The predicted octanol–water partition coefficient (Wildman–Crippen LogP) is 5.05. The van der Waals surface area contributed by atoms with Crippen LogP contribution in [0.1, 0.15) is 22.7 Å². The molecular weight excluding hydrogens is 338 g/mol. The van der Waals surface area contributed by atoms with Crippen LogP contribution < -0.4 is 4.72 Å². The van der Waals surface area contributed by atoms with Gasteiger partial charge in [0.25, 0.3) is 0 Å². The molecule has 0 fully saturated rings. The summed E-state index contributed by atoms with van der Waals surface area (Å²) in [7, 11) is -1.34. The lowest BCUT2D eigenvalue weighted by molar-refractivity contribution is 0.660. The van der Waals surface area contributed by atoms with Gasteiger partial charge >= 0.3 is 0 Å². The maximum atomic E-state index is 12.8. The van der Waals surface area contributed by atoms with Crippen molar-refractivity contribution in [2.45, 2.75) is 17.9 Å². The maximum absolute atomic E-state index is 12.8. The van der Waals surface area contributed by atoms with Gasteiger partial charge in [0.05, 0.1) is 10.9 Å². The quantitative estimate of drug-likeness (QED) is 0.681. The van der Waals surface area contributed by atoms with Crippen molar-refractivity contribution in [1.82, 2.24) is 4.72 Å². The van der Waals surface area contributed by atoms with Gasteiger partial charge in [-0.3, -0.25) is 0 Å². The summed E-state index contributed by atoms with van der Waals surface area (Å²) in [5, 5.41) is 0.653. The largest absolute Gasteiger partial charge is 0.237 e. The lowest BCUT2D eigenvalue weighted by atomic mass is 10.00. The van der Waals surface area contributed by atoms with Crippen LogP contribution in [0.15, 0.2) is 83.8 Å². The zero-order chi connectivity index (χ0) is 16.9. The molecule has 0 amide bonds. The minimum Gasteiger partial charge on any atom is -0.237 e. The fraction of sp³-hybridized carbons (Fsp3) is 0.100. The van der Waals surface area contributed by atoms with Gasteiger partial charge in [-0.2, -0.15) is 0 Å². The number of nitrogens with one attached hydrogen (secondary N) is 1. The third-order valence-electron chi connectivity index (χ3n) is 3.81. The van der Waals surface area contributed by atoms with Crippen molar-refractivity contribution in [3.63, 3.8) is 0 Å². The van der Waals surface area contributed by atoms with Crippen molar-refractivity contribution < 1.29 is 4.21 Å². The van der Waals surface area contributed by atoms with E-state index in [0.29, 0.717) is 5.02 Å². The highest BCUT2D eigenvalue weighted by molar-refractivity contribution is 7.83. The van der Waals surface area contributed by atoms with Crippen LogP contribution in [-0.2, 0) is 11.0 Å². The first-order valence-corrected chi connectivity index (χ1v) is 9.22. The molecule has 0 saturated carbocycles. The number of halogens is 1. The molecule has 3 rings (SSSR count). The van der Waals surface area contributed by atoms with Gasteiger partial charge in [0, 0.05) is 5.02 Å². The average Bonchev–Trinajstić information content (AvgIpc) is 2.61. The smallest absolute Gasteiger partial charge is 0.125 e. The van der Waals surface area contributed by atoms with E-state index in [1.54, 1.807) is 0 Å². The second-order valence-electron chi connectivity index (χ2n) is 5.56. The molecule has 0 spiro atoms. The van der Waals surface area contributed by atoms with Crippen LogP contribution in [0, 0.1) is 6.92 Å². The van der Waals surface area contributed by atoms with Gasteiger partial charge in [0.15, 0.2) is 0 Å². The maximum Gasteiger partial charge on any atom is 0.125 e. The molecule has 0 radical (unpaired) electrons. The van der Waals surface area contributed by atoms with Crippen molar-refractivity contribution in [2.24, 2.45) is 0 Å². The molecular formula is C20H18ClNOS. The fourth-order valence-electron chi connectivity index (χ4n) is 2.50. The molecule has 3 aromatic rings. The third-order valence-corrected chi connectivity index (χ3v) is 5.30. The van der Waals surface area contributed by atoms with E-state index in [2.05, 4.69) is 4.72 Å². The molecule has 122 valence electrons. The van der Waals surface area contributed by atoms with Crippen LogP contribution in [0.3, 0.4) is 0 Å². The number of aryl methyl sites for hydroxylation is 1. The number of rotatable bonds is 5. The van der Waals surface area contributed by atoms with Gasteiger partial charge in [0.2, 0.25) is 0 Å². The van der Waals surface area contributed by atoms with Crippen molar-refractivity contribution in [1.29, 1.82) is 0 Å². The molecule has 0 aliphatic heterocycles. The van der Waals surface area contributed by atoms with E-state index in [1.165, 1.54) is 0 Å². The van der Waals surface area contributed by atoms with Crippen LogP contribution in [0.4, 0.5) is 0 Å². The Morgan fingerprint density at radius 3 is 2.17 bits per heavy atom. The van der Waals surface area contributed by atoms with Crippen LogP contribution in [0.5, 0.6) is 0 Å². The van der Waals surface area contributed by atoms with Crippen molar-refractivity contribution in [3.8, 4) is 0 Å². The highest BCUT2D eigenvalue weighted by Gasteiger charge is 2.19. The van der Waals surface area contributed by atoms with Gasteiger partial charge in [0.1, 0.15) is 11.0 Å². The molecule has 0 aliphatic carbocycles. The van der Waals surface area contributed by atoms with E-state index in [1.807, 2.05) is 85.8 Å². The van der Waals surface area contributed by atoms with E-state index < -0.39 is 11.0 Å². The highest BCUT2D eigenvalue weighted by atomic mass is 35.5. The van der Waals surface area contributed by atoms with Crippen LogP contribution >= 0.6 is 11.6 Å². The summed E-state index contributed by atoms with van der Waals surface area (Å²) in [4.78, 5) is 0.744. The Morgan fingerprint density at radius 1 is 0.875 bits per heavy atom. The topological polar surface area (TPSA) is 29.1 Å². The molecule has 0 saturated heterocycles. The van der Waals surface area contributed by atoms with Gasteiger partial charge < -0.3 is 0 Å². The van der Waals surface area contributed by atoms with Gasteiger partial charge in [-0.05, 0) is 36.2 Å². The monoisotopic (exact) mass is 355 g/mol. The van der Waals surface area contributed by atoms with E-state index in [-0.39, 0.29) is 6.04 Å². The SMILES string of the molecule is Cc1ccc([S@@](=O)NC(c2ccccc2)c2ccccc2Cl)cc1. The molecule has 0 aliphatic rings. The standard InChI is InChI=1S/C20H18ClNOS/c1-15-11-13-17(14-12-15)24(23)22-20(16-7-3-2-4-8-16)18-9-5-6-10-19(18)21/h2-14,20,22H,1H3/t20?,24-/m1/s1. The average molecular weight is 356 g/mol. The first kappa shape index (κ1) is 16.9. The lowest BCUT2D eigenvalue weighted by Gasteiger charge is -2.20. The molecule has 0 heterocycles. The zero-order valence-corrected chi connectivity index (χ0v) is 14.8. The zero-order valence-electron chi connectivity index (χ0n) is 13.3. The van der Waals surface area contributed by atoms with Crippen LogP contribution in [-0.4, -0.2) is 4.21 Å². The molecule has 0 bridgehead atoms. The highest BCUT2D eigenvalue weighted by Crippen LogP contribution is 2.29. The van der Waals surface area contributed by atoms with E-state index >= 15 is 0 Å². The molecule has 1 unspecified atom stereocenters. The molecule has 2 atom stereocenters. The van der Waals surface area contributed by atoms with Gasteiger partial charge in [-0.1, -0.05) is 77.8 Å². The Bertz CT molecular complexity index is 834. The molecule has 2 nitrogen and oxygen atoms in total. The van der Waals surface area contributed by atoms with Gasteiger partial charge in [-0.25, -0.2) is 8.93 Å². The third kappa shape index (κ3) is 3.93. The van der Waals surface area contributed by atoms with Crippen molar-refractivity contribution in [3.05, 3.63) is 101 Å². The minimum absolute atomic E-state index is 0.248. The summed E-state index contributed by atoms with van der Waals surface area (Å²) in [6.45, 7) is 2.01. The first-order valence-electron chi connectivity index (χ1n) is 7.69. The Hall–Kier alpha value is -1.94. The number of benzene rings is 3. The molecule has 3 aromatic carbocycles. The summed E-state index contributed by atoms with van der Waals surface area (Å²) in [6, 6.07) is 25.0. The van der Waals surface area contributed by atoms with Gasteiger partial charge in [-0.15, -0.1) is 0 Å². The number of hydrogen-bond acceptors (Lipinski definition) is 1. The minimum atomic E-state index is -1.34. The summed E-state index contributed by atoms with van der Waals surface area (Å²) in [5.74, 6) is 0. The predicted molar refractivity (Wildman–Crippen MR) is 100 cm³/mol. The number of hydrogen-bond donors (Lipinski definition) is 1. The second-order valence-corrected chi connectivity index (χ2v) is 7.22. The summed E-state index contributed by atoms with van der Waals surface area (Å²) in [5.41, 5.74) is 3.07. The van der Waals surface area contributed by atoms with Crippen molar-refractivity contribution in [2.75, 3.05) is 0 Å². The normalized spacial score (nSPS) is 13.4. The van der Waals surface area contributed by atoms with Crippen LogP contribution in [0.2, 0.25) is 5.02 Å². The van der Waals surface area contributed by atoms with E-state index in [4.69, 9.17) is 11.6 Å². The molecule has 4 heteroatoms. The second kappa shape index (κ2) is 7.75. The van der Waals surface area contributed by atoms with Crippen molar-refractivity contribution >= 4 is 22.6 Å². The molecule has 1 N–H and O–H groups in total. The molecule has 24 heavy (non-hydrogen) atoms. The summed E-state index contributed by atoms with van der Waals surface area (Å²) in [6.07, 6.45) is 0. The summed E-state index contributed by atoms with van der Waals surface area (Å²) < 4.78 is 16.0. The lowest BCUT2D eigenvalue weighted by Crippen LogP contribution is -2.25. The van der Waals surface area contributed by atoms with Crippen LogP contribution in [0.25, 0.3) is 0 Å². The Balaban J connectivity index is 1.95. The first-order chi connectivity index (χ1) is 11.6. The Labute approximate surface area is 150 Å².